The molecule has 3 heteroatoms. The molecule has 1 heterocycles. The van der Waals surface area contributed by atoms with Gasteiger partial charge in [0.15, 0.2) is 0 Å². The zero-order valence-electron chi connectivity index (χ0n) is 9.47. The second kappa shape index (κ2) is 5.99. The van der Waals surface area contributed by atoms with Crippen LogP contribution >= 0.6 is 0 Å². The molecule has 0 aliphatic rings. The topological polar surface area (TPSA) is 22.1 Å². The fraction of sp³-hybridized carbons (Fsp3) is 0.214. The van der Waals surface area contributed by atoms with Crippen molar-refractivity contribution in [2.75, 3.05) is 6.61 Å². The van der Waals surface area contributed by atoms with Crippen LogP contribution in [0.5, 0.6) is 5.75 Å². The zero-order valence-corrected chi connectivity index (χ0v) is 9.47. The summed E-state index contributed by atoms with van der Waals surface area (Å²) in [6.45, 7) is 0.613. The highest BCUT2D eigenvalue weighted by atomic mass is 19.1. The van der Waals surface area contributed by atoms with Gasteiger partial charge in [-0.3, -0.25) is 0 Å². The number of hydrogen-bond acceptors (Lipinski definition) is 2. The lowest BCUT2D eigenvalue weighted by molar-refractivity contribution is 0.309. The predicted molar refractivity (Wildman–Crippen MR) is 64.5 cm³/mol. The Morgan fingerprint density at radius 2 is 1.88 bits per heavy atom. The number of nitrogens with zero attached hydrogens (tertiary/aromatic N) is 1. The Balaban J connectivity index is 1.71. The van der Waals surface area contributed by atoms with E-state index < -0.39 is 5.95 Å². The van der Waals surface area contributed by atoms with E-state index in [1.807, 2.05) is 18.2 Å². The molecule has 0 amide bonds. The number of halogens is 1. The first-order chi connectivity index (χ1) is 8.34. The summed E-state index contributed by atoms with van der Waals surface area (Å²) in [6.07, 6.45) is 3.31. The first kappa shape index (κ1) is 11.6. The molecular weight excluding hydrogens is 217 g/mol. The third kappa shape index (κ3) is 3.87. The second-order valence-corrected chi connectivity index (χ2v) is 3.75. The van der Waals surface area contributed by atoms with Gasteiger partial charge in [0.2, 0.25) is 5.95 Å². The average Bonchev–Trinajstić information content (AvgIpc) is 2.38. The molecule has 17 heavy (non-hydrogen) atoms. The van der Waals surface area contributed by atoms with Crippen LogP contribution in [0.2, 0.25) is 0 Å². The minimum absolute atomic E-state index is 0.485. The van der Waals surface area contributed by atoms with Crippen molar-refractivity contribution in [2.45, 2.75) is 12.8 Å². The van der Waals surface area contributed by atoms with Crippen molar-refractivity contribution < 1.29 is 9.13 Å². The summed E-state index contributed by atoms with van der Waals surface area (Å²) in [4.78, 5) is 3.52. The van der Waals surface area contributed by atoms with Crippen LogP contribution in [0.4, 0.5) is 4.39 Å². The van der Waals surface area contributed by atoms with Crippen LogP contribution in [0, 0.1) is 5.95 Å². The third-order valence-electron chi connectivity index (χ3n) is 2.42. The van der Waals surface area contributed by atoms with Gasteiger partial charge in [0.25, 0.3) is 0 Å². The smallest absolute Gasteiger partial charge is 0.213 e. The van der Waals surface area contributed by atoms with Crippen LogP contribution in [-0.4, -0.2) is 11.6 Å². The maximum Gasteiger partial charge on any atom is 0.213 e. The van der Waals surface area contributed by atoms with Gasteiger partial charge in [-0.05, 0) is 30.5 Å². The largest absolute Gasteiger partial charge is 0.492 e. The van der Waals surface area contributed by atoms with Crippen molar-refractivity contribution in [2.24, 2.45) is 0 Å². The van der Waals surface area contributed by atoms with Gasteiger partial charge in [-0.1, -0.05) is 30.3 Å². The summed E-state index contributed by atoms with van der Waals surface area (Å²) in [5.41, 5.74) is 1.30. The third-order valence-corrected chi connectivity index (χ3v) is 2.42. The molecule has 0 aliphatic carbocycles. The summed E-state index contributed by atoms with van der Waals surface area (Å²) >= 11 is 0. The molecule has 88 valence electrons. The maximum absolute atomic E-state index is 12.5. The van der Waals surface area contributed by atoms with Gasteiger partial charge in [0.1, 0.15) is 5.75 Å². The summed E-state index contributed by atoms with van der Waals surface area (Å²) in [6, 6.07) is 13.1. The van der Waals surface area contributed by atoms with Crippen molar-refractivity contribution in [1.29, 1.82) is 0 Å². The van der Waals surface area contributed by atoms with Crippen molar-refractivity contribution in [3.63, 3.8) is 0 Å². The fourth-order valence-electron chi connectivity index (χ4n) is 1.56. The molecule has 1 aromatic heterocycles. The molecule has 0 bridgehead atoms. The maximum atomic E-state index is 12.5. The molecule has 2 rings (SSSR count). The van der Waals surface area contributed by atoms with Crippen molar-refractivity contribution in [3.05, 3.63) is 60.2 Å². The van der Waals surface area contributed by atoms with E-state index in [0.717, 1.165) is 12.8 Å². The molecule has 1 aromatic carbocycles. The molecule has 0 fully saturated rings. The Labute approximate surface area is 100 Å². The number of hydrogen-bond donors (Lipinski definition) is 0. The molecule has 0 N–H and O–H groups in total. The number of rotatable bonds is 5. The van der Waals surface area contributed by atoms with Crippen molar-refractivity contribution >= 4 is 0 Å². The molecule has 0 atom stereocenters. The standard InChI is InChI=1S/C14H14FNO/c15-14-9-8-13(11-16-14)17-10-4-7-12-5-2-1-3-6-12/h1-3,5-6,8-9,11H,4,7,10H2. The second-order valence-electron chi connectivity index (χ2n) is 3.75. The zero-order chi connectivity index (χ0) is 11.9. The quantitative estimate of drug-likeness (QED) is 0.582. The van der Waals surface area contributed by atoms with E-state index in [0.29, 0.717) is 12.4 Å². The minimum Gasteiger partial charge on any atom is -0.492 e. The van der Waals surface area contributed by atoms with Crippen LogP contribution in [0.1, 0.15) is 12.0 Å². The molecule has 2 nitrogen and oxygen atoms in total. The molecular formula is C14H14FNO. The lowest BCUT2D eigenvalue weighted by atomic mass is 10.1. The Kier molecular flexibility index (Phi) is 4.08. The van der Waals surface area contributed by atoms with Crippen LogP contribution in [0.25, 0.3) is 0 Å². The normalized spacial score (nSPS) is 10.2. The Bertz CT molecular complexity index is 442. The highest BCUT2D eigenvalue weighted by Gasteiger charge is 1.96. The molecule has 0 radical (unpaired) electrons. The van der Waals surface area contributed by atoms with Gasteiger partial charge in [-0.15, -0.1) is 0 Å². The lowest BCUT2D eigenvalue weighted by Gasteiger charge is -2.05. The van der Waals surface area contributed by atoms with E-state index in [1.54, 1.807) is 6.07 Å². The molecule has 2 aromatic rings. The molecule has 0 unspecified atom stereocenters. The SMILES string of the molecule is Fc1ccc(OCCCc2ccccc2)cn1. The first-order valence-electron chi connectivity index (χ1n) is 5.63. The van der Waals surface area contributed by atoms with Gasteiger partial charge in [-0.2, -0.15) is 4.39 Å². The van der Waals surface area contributed by atoms with E-state index in [1.165, 1.54) is 17.8 Å². The van der Waals surface area contributed by atoms with Crippen LogP contribution in [-0.2, 0) is 6.42 Å². The first-order valence-corrected chi connectivity index (χ1v) is 5.63. The number of benzene rings is 1. The summed E-state index contributed by atoms with van der Waals surface area (Å²) in [5.74, 6) is 0.126. The van der Waals surface area contributed by atoms with Crippen LogP contribution < -0.4 is 4.74 Å². The van der Waals surface area contributed by atoms with Crippen LogP contribution in [0.3, 0.4) is 0 Å². The lowest BCUT2D eigenvalue weighted by Crippen LogP contribution is -1.99. The van der Waals surface area contributed by atoms with E-state index in [2.05, 4.69) is 17.1 Å². The predicted octanol–water partition coefficient (Wildman–Crippen LogP) is 3.23. The molecule has 0 aliphatic heterocycles. The van der Waals surface area contributed by atoms with Crippen molar-refractivity contribution in [1.82, 2.24) is 4.98 Å². The number of aryl methyl sites for hydroxylation is 1. The van der Waals surface area contributed by atoms with Gasteiger partial charge >= 0.3 is 0 Å². The van der Waals surface area contributed by atoms with Gasteiger partial charge in [0.05, 0.1) is 12.8 Å². The summed E-state index contributed by atoms with van der Waals surface area (Å²) in [7, 11) is 0. The Morgan fingerprint density at radius 1 is 1.06 bits per heavy atom. The van der Waals surface area contributed by atoms with Crippen molar-refractivity contribution in [3.8, 4) is 5.75 Å². The number of pyridine rings is 1. The molecule has 0 saturated carbocycles. The Morgan fingerprint density at radius 3 is 2.59 bits per heavy atom. The highest BCUT2D eigenvalue weighted by Crippen LogP contribution is 2.09. The molecule has 0 spiro atoms. The van der Waals surface area contributed by atoms with E-state index >= 15 is 0 Å². The molecule has 0 saturated heterocycles. The van der Waals surface area contributed by atoms with Gasteiger partial charge in [0, 0.05) is 0 Å². The van der Waals surface area contributed by atoms with Gasteiger partial charge in [-0.25, -0.2) is 4.98 Å². The minimum atomic E-state index is -0.485. The Hall–Kier alpha value is -1.90. The van der Waals surface area contributed by atoms with Crippen LogP contribution in [0.15, 0.2) is 48.7 Å². The monoisotopic (exact) mass is 231 g/mol. The van der Waals surface area contributed by atoms with E-state index in [-0.39, 0.29) is 0 Å². The average molecular weight is 231 g/mol. The summed E-state index contributed by atoms with van der Waals surface area (Å²) < 4.78 is 18.0. The number of aromatic nitrogens is 1. The van der Waals surface area contributed by atoms with E-state index in [4.69, 9.17) is 4.74 Å². The number of ether oxygens (including phenoxy) is 1. The summed E-state index contributed by atoms with van der Waals surface area (Å²) in [5, 5.41) is 0. The van der Waals surface area contributed by atoms with Gasteiger partial charge < -0.3 is 4.74 Å². The highest BCUT2D eigenvalue weighted by molar-refractivity contribution is 5.16. The van der Waals surface area contributed by atoms with E-state index in [9.17, 15) is 4.39 Å². The fourth-order valence-corrected chi connectivity index (χ4v) is 1.56.